The topological polar surface area (TPSA) is 55.1 Å². The molecule has 5 heteroatoms. The number of carbonyl (C=O) groups is 1. The van der Waals surface area contributed by atoms with Crippen LogP contribution in [-0.2, 0) is 0 Å². The van der Waals surface area contributed by atoms with Crippen molar-refractivity contribution in [1.82, 2.24) is 5.32 Å². The second-order valence-electron chi connectivity index (χ2n) is 6.21. The van der Waals surface area contributed by atoms with Crippen molar-refractivity contribution < 1.29 is 13.6 Å². The zero-order valence-electron chi connectivity index (χ0n) is 11.5. The molecule has 0 spiro atoms. The molecule has 1 aliphatic carbocycles. The Balaban J connectivity index is 2.24. The van der Waals surface area contributed by atoms with Crippen LogP contribution in [-0.4, -0.2) is 11.9 Å². The first-order valence-corrected chi connectivity index (χ1v) is 6.14. The summed E-state index contributed by atoms with van der Waals surface area (Å²) >= 11 is 0. The van der Waals surface area contributed by atoms with E-state index in [0.717, 1.165) is 12.1 Å². The summed E-state index contributed by atoms with van der Waals surface area (Å²) in [6.45, 7) is 8.09. The molecule has 0 saturated heterocycles. The highest BCUT2D eigenvalue weighted by Gasteiger charge is 2.65. The van der Waals surface area contributed by atoms with Gasteiger partial charge in [0, 0.05) is 6.04 Å². The van der Waals surface area contributed by atoms with Crippen LogP contribution in [0.2, 0.25) is 0 Å². The maximum atomic E-state index is 13.7. The molecular formula is C14H18F2N2O. The molecule has 19 heavy (non-hydrogen) atoms. The van der Waals surface area contributed by atoms with Gasteiger partial charge >= 0.3 is 0 Å². The molecule has 1 aliphatic rings. The van der Waals surface area contributed by atoms with Crippen molar-refractivity contribution in [2.24, 2.45) is 10.8 Å². The minimum absolute atomic E-state index is 0.0714. The molecule has 104 valence electrons. The summed E-state index contributed by atoms with van der Waals surface area (Å²) in [5.74, 6) is -2.24. The van der Waals surface area contributed by atoms with Gasteiger partial charge in [0.05, 0.1) is 11.3 Å². The van der Waals surface area contributed by atoms with E-state index in [2.05, 4.69) is 5.32 Å². The SMILES string of the molecule is CC1(C)C(NC(=O)c2cc(F)cc(N)c2F)C1(C)C. The van der Waals surface area contributed by atoms with Crippen molar-refractivity contribution in [3.63, 3.8) is 0 Å². The van der Waals surface area contributed by atoms with Gasteiger partial charge in [0.15, 0.2) is 5.82 Å². The fourth-order valence-electron chi connectivity index (χ4n) is 2.54. The smallest absolute Gasteiger partial charge is 0.254 e. The first-order chi connectivity index (χ1) is 8.59. The predicted molar refractivity (Wildman–Crippen MR) is 69.6 cm³/mol. The van der Waals surface area contributed by atoms with Gasteiger partial charge in [0.25, 0.3) is 5.91 Å². The summed E-state index contributed by atoms with van der Waals surface area (Å²) in [5, 5.41) is 2.74. The normalized spacial score (nSPS) is 20.1. The molecule has 3 nitrogen and oxygen atoms in total. The zero-order valence-corrected chi connectivity index (χ0v) is 11.5. The molecule has 0 heterocycles. The minimum Gasteiger partial charge on any atom is -0.396 e. The van der Waals surface area contributed by atoms with Gasteiger partial charge in [-0.2, -0.15) is 0 Å². The summed E-state index contributed by atoms with van der Waals surface area (Å²) in [6, 6.07) is 1.65. The van der Waals surface area contributed by atoms with Gasteiger partial charge in [-0.15, -0.1) is 0 Å². The third-order valence-corrected chi connectivity index (χ3v) is 4.61. The molecule has 1 saturated carbocycles. The Kier molecular flexibility index (Phi) is 2.84. The molecule has 0 unspecified atom stereocenters. The monoisotopic (exact) mass is 268 g/mol. The summed E-state index contributed by atoms with van der Waals surface area (Å²) < 4.78 is 26.9. The third-order valence-electron chi connectivity index (χ3n) is 4.61. The number of nitrogens with two attached hydrogens (primary N) is 1. The Morgan fingerprint density at radius 3 is 2.21 bits per heavy atom. The zero-order chi connectivity index (χ0) is 14.6. The van der Waals surface area contributed by atoms with Crippen LogP contribution < -0.4 is 11.1 Å². The van der Waals surface area contributed by atoms with Gasteiger partial charge in [-0.25, -0.2) is 8.78 Å². The molecule has 0 aliphatic heterocycles. The van der Waals surface area contributed by atoms with Crippen LogP contribution in [0.3, 0.4) is 0 Å². The van der Waals surface area contributed by atoms with Gasteiger partial charge in [0.2, 0.25) is 0 Å². The minimum atomic E-state index is -0.879. The van der Waals surface area contributed by atoms with Crippen molar-refractivity contribution in [1.29, 1.82) is 0 Å². The van der Waals surface area contributed by atoms with Crippen LogP contribution in [0.5, 0.6) is 0 Å². The first kappa shape index (κ1) is 13.8. The van der Waals surface area contributed by atoms with Crippen molar-refractivity contribution in [3.8, 4) is 0 Å². The number of nitrogen functional groups attached to an aromatic ring is 1. The van der Waals surface area contributed by atoms with Gasteiger partial charge in [0.1, 0.15) is 5.82 Å². The van der Waals surface area contributed by atoms with E-state index in [9.17, 15) is 13.6 Å². The Morgan fingerprint density at radius 2 is 1.74 bits per heavy atom. The Labute approximate surface area is 111 Å². The quantitative estimate of drug-likeness (QED) is 0.810. The fraction of sp³-hybridized carbons (Fsp3) is 0.500. The lowest BCUT2D eigenvalue weighted by atomic mass is 10.0. The molecule has 0 aromatic heterocycles. The van der Waals surface area contributed by atoms with Gasteiger partial charge < -0.3 is 11.1 Å². The molecule has 0 radical (unpaired) electrons. The van der Waals surface area contributed by atoms with Crippen molar-refractivity contribution >= 4 is 11.6 Å². The molecule has 2 rings (SSSR count). The van der Waals surface area contributed by atoms with E-state index in [1.165, 1.54) is 0 Å². The summed E-state index contributed by atoms with van der Waals surface area (Å²) in [4.78, 5) is 12.0. The molecular weight excluding hydrogens is 250 g/mol. The standard InChI is InChI=1S/C14H18F2N2O/c1-13(2)12(14(13,3)4)18-11(19)8-5-7(15)6-9(17)10(8)16/h5-6,12H,17H2,1-4H3,(H,18,19). The van der Waals surface area contributed by atoms with E-state index in [-0.39, 0.29) is 28.1 Å². The lowest BCUT2D eigenvalue weighted by molar-refractivity contribution is 0.0939. The van der Waals surface area contributed by atoms with Gasteiger partial charge in [-0.3, -0.25) is 4.79 Å². The van der Waals surface area contributed by atoms with Crippen LogP contribution in [0, 0.1) is 22.5 Å². The highest BCUT2D eigenvalue weighted by Crippen LogP contribution is 2.62. The van der Waals surface area contributed by atoms with E-state index in [4.69, 9.17) is 5.73 Å². The van der Waals surface area contributed by atoms with Crippen molar-refractivity contribution in [3.05, 3.63) is 29.3 Å². The average Bonchev–Trinajstić information content (AvgIpc) is 2.66. The Hall–Kier alpha value is -1.65. The summed E-state index contributed by atoms with van der Waals surface area (Å²) in [7, 11) is 0. The molecule has 0 bridgehead atoms. The number of rotatable bonds is 2. The van der Waals surface area contributed by atoms with Gasteiger partial charge in [-0.1, -0.05) is 27.7 Å². The average molecular weight is 268 g/mol. The molecule has 1 aromatic rings. The number of hydrogen-bond acceptors (Lipinski definition) is 2. The molecule has 1 amide bonds. The number of amides is 1. The van der Waals surface area contributed by atoms with E-state index in [1.54, 1.807) is 0 Å². The largest absolute Gasteiger partial charge is 0.396 e. The van der Waals surface area contributed by atoms with Crippen LogP contribution in [0.15, 0.2) is 12.1 Å². The number of benzene rings is 1. The van der Waals surface area contributed by atoms with Crippen molar-refractivity contribution in [2.45, 2.75) is 33.7 Å². The summed E-state index contributed by atoms with van der Waals surface area (Å²) in [6.07, 6.45) is 0. The second-order valence-corrected chi connectivity index (χ2v) is 6.21. The van der Waals surface area contributed by atoms with Gasteiger partial charge in [-0.05, 0) is 23.0 Å². The maximum absolute atomic E-state index is 13.7. The highest BCUT2D eigenvalue weighted by atomic mass is 19.1. The van der Waals surface area contributed by atoms with Crippen LogP contribution >= 0.6 is 0 Å². The number of nitrogens with one attached hydrogen (secondary N) is 1. The van der Waals surface area contributed by atoms with E-state index < -0.39 is 17.5 Å². The predicted octanol–water partition coefficient (Wildman–Crippen LogP) is 2.71. The fourth-order valence-corrected chi connectivity index (χ4v) is 2.54. The second kappa shape index (κ2) is 3.92. The maximum Gasteiger partial charge on any atom is 0.254 e. The highest BCUT2D eigenvalue weighted by molar-refractivity contribution is 5.96. The lowest BCUT2D eigenvalue weighted by Crippen LogP contribution is -2.30. The number of hydrogen-bond donors (Lipinski definition) is 2. The number of halogens is 2. The Bertz CT molecular complexity index is 539. The summed E-state index contributed by atoms with van der Waals surface area (Å²) in [5.41, 5.74) is 4.46. The van der Waals surface area contributed by atoms with Crippen LogP contribution in [0.4, 0.5) is 14.5 Å². The molecule has 1 aromatic carbocycles. The lowest BCUT2D eigenvalue weighted by Gasteiger charge is -2.09. The van der Waals surface area contributed by atoms with E-state index in [0.29, 0.717) is 0 Å². The van der Waals surface area contributed by atoms with E-state index in [1.807, 2.05) is 27.7 Å². The van der Waals surface area contributed by atoms with Crippen LogP contribution in [0.25, 0.3) is 0 Å². The van der Waals surface area contributed by atoms with Crippen LogP contribution in [0.1, 0.15) is 38.1 Å². The molecule has 1 fully saturated rings. The van der Waals surface area contributed by atoms with Crippen molar-refractivity contribution in [2.75, 3.05) is 5.73 Å². The molecule has 0 atom stereocenters. The number of carbonyl (C=O) groups excluding carboxylic acids is 1. The Morgan fingerprint density at radius 1 is 1.21 bits per heavy atom. The first-order valence-electron chi connectivity index (χ1n) is 6.14. The van der Waals surface area contributed by atoms with E-state index >= 15 is 0 Å². The molecule has 3 N–H and O–H groups in total. The number of anilines is 1. The third kappa shape index (κ3) is 1.97.